The van der Waals surface area contributed by atoms with Crippen LogP contribution in [-0.2, 0) is 16.4 Å². The lowest BCUT2D eigenvalue weighted by Crippen LogP contribution is -2.39. The van der Waals surface area contributed by atoms with Crippen molar-refractivity contribution in [2.24, 2.45) is 0 Å². The molecule has 2 heterocycles. The van der Waals surface area contributed by atoms with Gasteiger partial charge in [-0.2, -0.15) is 4.72 Å². The zero-order valence-corrected chi connectivity index (χ0v) is 16.1. The monoisotopic (exact) mass is 388 g/mol. The molecule has 0 bridgehead atoms. The molecule has 1 N–H and O–H groups in total. The summed E-state index contributed by atoms with van der Waals surface area (Å²) in [5.41, 5.74) is 1.72. The van der Waals surface area contributed by atoms with E-state index in [9.17, 15) is 13.2 Å². The standard InChI is InChI=1S/C19H20N2O3S2/c1-3-11-20-26(23,24)15-7-5-14(6-8-15)19(22)21-12-9-18-16(10-13-25-18)17(21)4-2/h1,5-8,10,13,17,20H,4,9,11-12H2,2H3. The summed E-state index contributed by atoms with van der Waals surface area (Å²) in [4.78, 5) is 16.3. The zero-order chi connectivity index (χ0) is 18.7. The van der Waals surface area contributed by atoms with Crippen molar-refractivity contribution < 1.29 is 13.2 Å². The third-order valence-electron chi connectivity index (χ3n) is 4.52. The Hall–Kier alpha value is -2.14. The Morgan fingerprint density at radius 1 is 1.35 bits per heavy atom. The van der Waals surface area contributed by atoms with Crippen LogP contribution in [-0.4, -0.2) is 32.3 Å². The highest BCUT2D eigenvalue weighted by atomic mass is 32.2. The number of hydrogen-bond donors (Lipinski definition) is 1. The fourth-order valence-electron chi connectivity index (χ4n) is 3.24. The highest BCUT2D eigenvalue weighted by Gasteiger charge is 2.31. The molecule has 1 atom stereocenters. The molecule has 0 saturated heterocycles. The normalized spacial score (nSPS) is 16.8. The van der Waals surface area contributed by atoms with E-state index < -0.39 is 10.0 Å². The smallest absolute Gasteiger partial charge is 0.254 e. The molecule has 7 heteroatoms. The van der Waals surface area contributed by atoms with Gasteiger partial charge in [0.2, 0.25) is 10.0 Å². The van der Waals surface area contributed by atoms with E-state index in [0.717, 1.165) is 12.8 Å². The summed E-state index contributed by atoms with van der Waals surface area (Å²) >= 11 is 1.74. The lowest BCUT2D eigenvalue weighted by atomic mass is 9.97. The molecule has 3 rings (SSSR count). The summed E-state index contributed by atoms with van der Waals surface area (Å²) in [5, 5.41) is 2.07. The van der Waals surface area contributed by atoms with Gasteiger partial charge in [-0.25, -0.2) is 8.42 Å². The fourth-order valence-corrected chi connectivity index (χ4v) is 5.10. The molecule has 136 valence electrons. The minimum atomic E-state index is -3.65. The van der Waals surface area contributed by atoms with Crippen molar-refractivity contribution >= 4 is 27.3 Å². The largest absolute Gasteiger partial charge is 0.331 e. The van der Waals surface area contributed by atoms with Gasteiger partial charge in [0.05, 0.1) is 17.5 Å². The van der Waals surface area contributed by atoms with Gasteiger partial charge in [0, 0.05) is 17.0 Å². The van der Waals surface area contributed by atoms with Crippen LogP contribution in [0.15, 0.2) is 40.6 Å². The summed E-state index contributed by atoms with van der Waals surface area (Å²) in [6.07, 6.45) is 6.79. The minimum Gasteiger partial charge on any atom is -0.331 e. The van der Waals surface area contributed by atoms with Gasteiger partial charge in [-0.05, 0) is 54.1 Å². The Labute approximate surface area is 158 Å². The SMILES string of the molecule is C#CCNS(=O)(=O)c1ccc(C(=O)N2CCc3sccc3C2CC)cc1. The van der Waals surface area contributed by atoms with Crippen LogP contribution >= 0.6 is 11.3 Å². The lowest BCUT2D eigenvalue weighted by molar-refractivity contribution is 0.0657. The first-order chi connectivity index (χ1) is 12.5. The number of sulfonamides is 1. The van der Waals surface area contributed by atoms with E-state index in [1.54, 1.807) is 23.5 Å². The van der Waals surface area contributed by atoms with Crippen molar-refractivity contribution in [3.8, 4) is 12.3 Å². The number of benzene rings is 1. The van der Waals surface area contributed by atoms with Crippen molar-refractivity contribution in [3.63, 3.8) is 0 Å². The van der Waals surface area contributed by atoms with Crippen molar-refractivity contribution in [1.29, 1.82) is 0 Å². The Bertz CT molecular complexity index is 940. The van der Waals surface area contributed by atoms with Crippen LogP contribution in [0.3, 0.4) is 0 Å². The van der Waals surface area contributed by atoms with Crippen LogP contribution in [0.1, 0.15) is 40.2 Å². The molecule has 1 aromatic carbocycles. The van der Waals surface area contributed by atoms with Crippen LogP contribution in [0.4, 0.5) is 0 Å². The topological polar surface area (TPSA) is 66.5 Å². The van der Waals surface area contributed by atoms with Crippen LogP contribution in [0.5, 0.6) is 0 Å². The predicted molar refractivity (Wildman–Crippen MR) is 103 cm³/mol. The first-order valence-corrected chi connectivity index (χ1v) is 10.7. The number of thiophene rings is 1. The maximum absolute atomic E-state index is 13.0. The van der Waals surface area contributed by atoms with Gasteiger partial charge >= 0.3 is 0 Å². The highest BCUT2D eigenvalue weighted by Crippen LogP contribution is 2.36. The van der Waals surface area contributed by atoms with Crippen LogP contribution in [0.2, 0.25) is 0 Å². The van der Waals surface area contributed by atoms with Gasteiger partial charge in [0.15, 0.2) is 0 Å². The number of amides is 1. The quantitative estimate of drug-likeness (QED) is 0.801. The Morgan fingerprint density at radius 3 is 2.73 bits per heavy atom. The van der Waals surface area contributed by atoms with Gasteiger partial charge in [0.25, 0.3) is 5.91 Å². The van der Waals surface area contributed by atoms with Crippen molar-refractivity contribution in [2.75, 3.05) is 13.1 Å². The van der Waals surface area contributed by atoms with E-state index >= 15 is 0 Å². The number of fused-ring (bicyclic) bond motifs is 1. The number of nitrogens with zero attached hydrogens (tertiary/aromatic N) is 1. The second kappa shape index (κ2) is 7.62. The molecule has 0 saturated carbocycles. The number of hydrogen-bond acceptors (Lipinski definition) is 4. The maximum Gasteiger partial charge on any atom is 0.254 e. The molecule has 0 spiro atoms. The lowest BCUT2D eigenvalue weighted by Gasteiger charge is -2.35. The summed E-state index contributed by atoms with van der Waals surface area (Å²) in [7, 11) is -3.65. The second-order valence-corrected chi connectivity index (χ2v) is 8.79. The summed E-state index contributed by atoms with van der Waals surface area (Å²) in [6, 6.07) is 8.16. The Balaban J connectivity index is 1.82. The number of carbonyl (C=O) groups is 1. The van der Waals surface area contributed by atoms with E-state index in [2.05, 4.69) is 29.0 Å². The van der Waals surface area contributed by atoms with E-state index in [0.29, 0.717) is 12.1 Å². The molecule has 0 aliphatic carbocycles. The average Bonchev–Trinajstić information content (AvgIpc) is 3.14. The third kappa shape index (κ3) is 3.54. The van der Waals surface area contributed by atoms with E-state index in [1.807, 2.05) is 4.90 Å². The van der Waals surface area contributed by atoms with Crippen LogP contribution in [0.25, 0.3) is 0 Å². The molecule has 26 heavy (non-hydrogen) atoms. The molecule has 0 fully saturated rings. The van der Waals surface area contributed by atoms with Gasteiger partial charge < -0.3 is 4.90 Å². The second-order valence-electron chi connectivity index (χ2n) is 6.02. The molecular formula is C19H20N2O3S2. The highest BCUT2D eigenvalue weighted by molar-refractivity contribution is 7.89. The van der Waals surface area contributed by atoms with E-state index in [4.69, 9.17) is 6.42 Å². The summed E-state index contributed by atoms with van der Waals surface area (Å²) in [5.74, 6) is 2.16. The van der Waals surface area contributed by atoms with Crippen molar-refractivity contribution in [3.05, 3.63) is 51.7 Å². The zero-order valence-electron chi connectivity index (χ0n) is 14.4. The summed E-state index contributed by atoms with van der Waals surface area (Å²) < 4.78 is 26.5. The first-order valence-electron chi connectivity index (χ1n) is 8.38. The predicted octanol–water partition coefficient (Wildman–Crippen LogP) is 2.81. The van der Waals surface area contributed by atoms with Crippen molar-refractivity contribution in [2.45, 2.75) is 30.7 Å². The van der Waals surface area contributed by atoms with Crippen LogP contribution < -0.4 is 4.72 Å². The molecule has 1 unspecified atom stereocenters. The van der Waals surface area contributed by atoms with Gasteiger partial charge in [-0.15, -0.1) is 17.8 Å². The number of rotatable bonds is 5. The maximum atomic E-state index is 13.0. The molecule has 0 radical (unpaired) electrons. The Kier molecular flexibility index (Phi) is 5.47. The minimum absolute atomic E-state index is 0.0678. The molecule has 1 aromatic heterocycles. The molecule has 1 aliphatic rings. The van der Waals surface area contributed by atoms with Crippen LogP contribution in [0, 0.1) is 12.3 Å². The number of carbonyl (C=O) groups excluding carboxylic acids is 1. The third-order valence-corrected chi connectivity index (χ3v) is 6.93. The number of nitrogens with one attached hydrogen (secondary N) is 1. The number of terminal acetylenes is 1. The molecule has 1 amide bonds. The molecule has 1 aliphatic heterocycles. The summed E-state index contributed by atoms with van der Waals surface area (Å²) in [6.45, 7) is 2.68. The van der Waals surface area contributed by atoms with E-state index in [-0.39, 0.29) is 23.4 Å². The average molecular weight is 389 g/mol. The molecular weight excluding hydrogens is 368 g/mol. The van der Waals surface area contributed by atoms with Gasteiger partial charge in [0.1, 0.15) is 0 Å². The van der Waals surface area contributed by atoms with Crippen molar-refractivity contribution in [1.82, 2.24) is 9.62 Å². The van der Waals surface area contributed by atoms with E-state index in [1.165, 1.54) is 22.6 Å². The first kappa shape index (κ1) is 18.6. The molecule has 5 nitrogen and oxygen atoms in total. The Morgan fingerprint density at radius 2 is 2.08 bits per heavy atom. The van der Waals surface area contributed by atoms with Gasteiger partial charge in [-0.3, -0.25) is 4.79 Å². The fraction of sp³-hybridized carbons (Fsp3) is 0.316. The molecule has 2 aromatic rings. The van der Waals surface area contributed by atoms with Gasteiger partial charge in [-0.1, -0.05) is 12.8 Å².